The minimum atomic E-state index is -0.420. The molecule has 0 bridgehead atoms. The zero-order valence-electron chi connectivity index (χ0n) is 9.49. The summed E-state index contributed by atoms with van der Waals surface area (Å²) in [5.41, 5.74) is 0.958. The van der Waals surface area contributed by atoms with Crippen LogP contribution in [-0.4, -0.2) is 18.2 Å². The van der Waals surface area contributed by atoms with Gasteiger partial charge in [-0.3, -0.25) is 0 Å². The average molecular weight is 189 g/mol. The van der Waals surface area contributed by atoms with Crippen molar-refractivity contribution in [2.45, 2.75) is 19.1 Å². The fourth-order valence-electron chi connectivity index (χ4n) is 1.10. The molecular weight excluding hydrogens is 173 g/mol. The van der Waals surface area contributed by atoms with Gasteiger partial charge in [-0.25, -0.2) is 0 Å². The Hall–Kier alpha value is 0.140. The van der Waals surface area contributed by atoms with Gasteiger partial charge < -0.3 is 11.8 Å². The third-order valence-corrected chi connectivity index (χ3v) is 2.07. The topological polar surface area (TPSA) is 32.3 Å². The van der Waals surface area contributed by atoms with E-state index in [2.05, 4.69) is 5.32 Å². The average Bonchev–Trinajstić information content (AvgIpc) is 2.17. The SMILES string of the molecule is CNC(C)C(O)c1ccccc1.[H-].[Na+]. The van der Waals surface area contributed by atoms with Crippen LogP contribution < -0.4 is 34.9 Å². The predicted molar refractivity (Wildman–Crippen MR) is 51.0 cm³/mol. The number of aliphatic hydroxyl groups is 1. The van der Waals surface area contributed by atoms with Gasteiger partial charge in [0.15, 0.2) is 0 Å². The Morgan fingerprint density at radius 2 is 1.85 bits per heavy atom. The van der Waals surface area contributed by atoms with Gasteiger partial charge in [0.1, 0.15) is 0 Å². The zero-order valence-corrected chi connectivity index (χ0v) is 10.5. The maximum atomic E-state index is 9.73. The van der Waals surface area contributed by atoms with E-state index in [1.165, 1.54) is 0 Å². The van der Waals surface area contributed by atoms with Gasteiger partial charge in [-0.2, -0.15) is 0 Å². The van der Waals surface area contributed by atoms with Crippen molar-refractivity contribution in [3.8, 4) is 0 Å². The van der Waals surface area contributed by atoms with E-state index in [1.54, 1.807) is 0 Å². The van der Waals surface area contributed by atoms with E-state index < -0.39 is 6.10 Å². The Morgan fingerprint density at radius 3 is 2.31 bits per heavy atom. The monoisotopic (exact) mass is 189 g/mol. The molecule has 0 aliphatic heterocycles. The van der Waals surface area contributed by atoms with E-state index in [-0.39, 0.29) is 37.0 Å². The maximum absolute atomic E-state index is 9.73. The summed E-state index contributed by atoms with van der Waals surface area (Å²) in [7, 11) is 1.84. The number of likely N-dealkylation sites (N-methyl/N-ethyl adjacent to an activating group) is 1. The number of hydrogen-bond acceptors (Lipinski definition) is 2. The van der Waals surface area contributed by atoms with E-state index >= 15 is 0 Å². The molecule has 1 rings (SSSR count). The van der Waals surface area contributed by atoms with Gasteiger partial charge in [-0.15, -0.1) is 0 Å². The molecule has 1 aromatic rings. The summed E-state index contributed by atoms with van der Waals surface area (Å²) in [4.78, 5) is 0. The molecular formula is C10H16NNaO. The van der Waals surface area contributed by atoms with Gasteiger partial charge in [0.25, 0.3) is 0 Å². The van der Waals surface area contributed by atoms with Crippen LogP contribution >= 0.6 is 0 Å². The first kappa shape index (κ1) is 13.1. The summed E-state index contributed by atoms with van der Waals surface area (Å²) in [5, 5.41) is 12.7. The third kappa shape index (κ3) is 3.79. The fourth-order valence-corrected chi connectivity index (χ4v) is 1.10. The van der Waals surface area contributed by atoms with E-state index in [0.29, 0.717) is 0 Å². The Morgan fingerprint density at radius 1 is 1.31 bits per heavy atom. The van der Waals surface area contributed by atoms with Gasteiger partial charge >= 0.3 is 29.6 Å². The molecule has 0 aromatic heterocycles. The van der Waals surface area contributed by atoms with Gasteiger partial charge in [0.2, 0.25) is 0 Å². The van der Waals surface area contributed by atoms with Crippen LogP contribution in [0.15, 0.2) is 30.3 Å². The molecule has 0 spiro atoms. The molecule has 13 heavy (non-hydrogen) atoms. The number of nitrogens with one attached hydrogen (secondary N) is 1. The maximum Gasteiger partial charge on any atom is 1.00 e. The van der Waals surface area contributed by atoms with Crippen molar-refractivity contribution in [1.29, 1.82) is 0 Å². The first-order valence-electron chi connectivity index (χ1n) is 4.16. The van der Waals surface area contributed by atoms with Crippen LogP contribution in [-0.2, 0) is 0 Å². The first-order chi connectivity index (χ1) is 5.75. The van der Waals surface area contributed by atoms with Gasteiger partial charge in [0, 0.05) is 6.04 Å². The summed E-state index contributed by atoms with van der Waals surface area (Å²) < 4.78 is 0. The van der Waals surface area contributed by atoms with Crippen molar-refractivity contribution >= 4 is 0 Å². The van der Waals surface area contributed by atoms with Gasteiger partial charge in [-0.1, -0.05) is 30.3 Å². The third-order valence-electron chi connectivity index (χ3n) is 2.07. The number of aliphatic hydroxyl groups excluding tert-OH is 1. The molecule has 0 heterocycles. The van der Waals surface area contributed by atoms with E-state index in [1.807, 2.05) is 44.3 Å². The quantitative estimate of drug-likeness (QED) is 0.564. The second-order valence-electron chi connectivity index (χ2n) is 2.93. The van der Waals surface area contributed by atoms with Crippen LogP contribution in [0.2, 0.25) is 0 Å². The molecule has 2 atom stereocenters. The van der Waals surface area contributed by atoms with E-state index in [4.69, 9.17) is 0 Å². The number of rotatable bonds is 3. The molecule has 0 radical (unpaired) electrons. The Balaban J connectivity index is 0. The molecule has 0 saturated heterocycles. The van der Waals surface area contributed by atoms with E-state index in [0.717, 1.165) is 5.56 Å². The summed E-state index contributed by atoms with van der Waals surface area (Å²) in [6, 6.07) is 9.76. The largest absolute Gasteiger partial charge is 1.00 e. The Bertz CT molecular complexity index is 233. The Kier molecular flexibility index (Phi) is 6.64. The molecule has 0 aliphatic rings. The van der Waals surface area contributed by atoms with Crippen LogP contribution in [0.25, 0.3) is 0 Å². The Labute approximate surface area is 103 Å². The van der Waals surface area contributed by atoms with Crippen LogP contribution in [0.3, 0.4) is 0 Å². The van der Waals surface area contributed by atoms with Crippen molar-refractivity contribution < 1.29 is 36.1 Å². The number of benzene rings is 1. The van der Waals surface area contributed by atoms with Crippen LogP contribution in [0.5, 0.6) is 0 Å². The van der Waals surface area contributed by atoms with Crippen molar-refractivity contribution in [1.82, 2.24) is 5.32 Å². The predicted octanol–water partition coefficient (Wildman–Crippen LogP) is -1.56. The van der Waals surface area contributed by atoms with Gasteiger partial charge in [-0.05, 0) is 19.5 Å². The summed E-state index contributed by atoms with van der Waals surface area (Å²) in [5.74, 6) is 0. The molecule has 3 heteroatoms. The van der Waals surface area contributed by atoms with Crippen molar-refractivity contribution in [3.63, 3.8) is 0 Å². The standard InChI is InChI=1S/C10H15NO.Na.H/c1-8(11-2)10(12)9-6-4-3-5-7-9;;/h3-8,10-12H,1-2H3;;/q;+1;-1. The van der Waals surface area contributed by atoms with Crippen molar-refractivity contribution in [2.24, 2.45) is 0 Å². The normalized spacial score (nSPS) is 14.4. The molecule has 0 aliphatic carbocycles. The summed E-state index contributed by atoms with van der Waals surface area (Å²) in [6.07, 6.45) is -0.420. The number of hydrogen-bond donors (Lipinski definition) is 2. The second kappa shape index (κ2) is 6.57. The minimum absolute atomic E-state index is 0. The molecule has 68 valence electrons. The molecule has 2 nitrogen and oxygen atoms in total. The van der Waals surface area contributed by atoms with Crippen LogP contribution in [0.4, 0.5) is 0 Å². The summed E-state index contributed by atoms with van der Waals surface area (Å²) in [6.45, 7) is 1.96. The molecule has 1 aromatic carbocycles. The first-order valence-corrected chi connectivity index (χ1v) is 4.16. The molecule has 2 N–H and O–H groups in total. The van der Waals surface area contributed by atoms with Crippen LogP contribution in [0.1, 0.15) is 20.0 Å². The summed E-state index contributed by atoms with van der Waals surface area (Å²) >= 11 is 0. The van der Waals surface area contributed by atoms with Crippen molar-refractivity contribution in [2.75, 3.05) is 7.05 Å². The van der Waals surface area contributed by atoms with E-state index in [9.17, 15) is 5.11 Å². The second-order valence-corrected chi connectivity index (χ2v) is 2.93. The van der Waals surface area contributed by atoms with Crippen LogP contribution in [0, 0.1) is 0 Å². The van der Waals surface area contributed by atoms with Gasteiger partial charge in [0.05, 0.1) is 6.10 Å². The molecule has 0 saturated carbocycles. The van der Waals surface area contributed by atoms with Crippen molar-refractivity contribution in [3.05, 3.63) is 35.9 Å². The molecule has 0 amide bonds. The fraction of sp³-hybridized carbons (Fsp3) is 0.400. The zero-order chi connectivity index (χ0) is 8.97. The molecule has 0 fully saturated rings. The molecule has 2 unspecified atom stereocenters. The minimum Gasteiger partial charge on any atom is -1.00 e. The smallest absolute Gasteiger partial charge is 1.00 e.